The highest BCUT2D eigenvalue weighted by atomic mass is 32.2. The van der Waals surface area contributed by atoms with Crippen molar-refractivity contribution in [3.8, 4) is 0 Å². The quantitative estimate of drug-likeness (QED) is 0.170. The number of rotatable bonds is 6. The maximum absolute atomic E-state index is 14.5. The van der Waals surface area contributed by atoms with Crippen LogP contribution in [0.1, 0.15) is 22.8 Å². The number of carbonyl (C=O) groups excluding carboxylic acids is 1. The van der Waals surface area contributed by atoms with Crippen molar-refractivity contribution in [2.45, 2.75) is 13.3 Å². The third kappa shape index (κ3) is 4.23. The number of benzene rings is 3. The molecular weight excluding hydrogens is 488 g/mol. The summed E-state index contributed by atoms with van der Waals surface area (Å²) in [5.74, 6) is -2.48. The zero-order valence-electron chi connectivity index (χ0n) is 19.5. The number of amides is 1. The number of fused-ring (bicyclic) bond motifs is 2. The highest BCUT2D eigenvalue weighted by Gasteiger charge is 2.52. The van der Waals surface area contributed by atoms with Gasteiger partial charge in [0.25, 0.3) is 0 Å². The van der Waals surface area contributed by atoms with Crippen LogP contribution in [0.4, 0.5) is 5.69 Å². The van der Waals surface area contributed by atoms with E-state index in [9.17, 15) is 26.2 Å². The topological polar surface area (TPSA) is 112 Å². The number of aromatic nitrogens is 1. The minimum Gasteiger partial charge on any atom is -0.744 e. The van der Waals surface area contributed by atoms with E-state index in [0.717, 1.165) is 11.8 Å². The number of hydrogen-bond donors (Lipinski definition) is 0. The first kappa shape index (κ1) is 24.9. The van der Waals surface area contributed by atoms with E-state index in [1.165, 1.54) is 12.1 Å². The van der Waals surface area contributed by atoms with Crippen molar-refractivity contribution in [1.29, 1.82) is 0 Å². The van der Waals surface area contributed by atoms with Crippen LogP contribution in [0.2, 0.25) is 0 Å². The second-order valence-corrected chi connectivity index (χ2v) is 11.9. The number of sulfonamides is 1. The Hall–Kier alpha value is -3.18. The molecule has 0 aliphatic rings. The molecule has 0 bridgehead atoms. The van der Waals surface area contributed by atoms with Gasteiger partial charge in [0.05, 0.1) is 17.0 Å². The standard InChI is InChI=1S/C25H25N2O6S2/c1-4-18-13-15-19(16-14-18)27(34(3,29)30,17-35(31,32)33)25(28)24-20-9-5-7-11-22(20)26(2)23-12-8-6-10-21(23)24/h5-16H,4,17H2,1-3H3/q+1. The molecule has 4 aromatic rings. The van der Waals surface area contributed by atoms with Gasteiger partial charge in [-0.1, -0.05) is 43.3 Å². The normalized spacial score (nSPS) is 14.2. The highest BCUT2D eigenvalue weighted by molar-refractivity contribution is 7.92. The first-order chi connectivity index (χ1) is 16.4. The Morgan fingerprint density at radius 3 is 1.77 bits per heavy atom. The van der Waals surface area contributed by atoms with Crippen LogP contribution < -0.4 is 8.46 Å². The molecule has 0 aliphatic carbocycles. The lowest BCUT2D eigenvalue weighted by molar-refractivity contribution is -0.617. The SMILES string of the molecule is CCc1ccc([N+](CS(=O)(=O)[O-])(C(=O)c2c3ccccc3[n+](C)c3ccccc23)S(C)(=O)=O)cc1. The van der Waals surface area contributed by atoms with Gasteiger partial charge in [-0.05, 0) is 24.1 Å². The van der Waals surface area contributed by atoms with Gasteiger partial charge in [-0.15, -0.1) is 3.89 Å². The summed E-state index contributed by atoms with van der Waals surface area (Å²) in [6.45, 7) is 1.91. The molecule has 0 aliphatic heterocycles. The Balaban J connectivity index is 2.19. The van der Waals surface area contributed by atoms with Gasteiger partial charge < -0.3 is 4.55 Å². The minimum atomic E-state index is -5.18. The molecule has 0 radical (unpaired) electrons. The van der Waals surface area contributed by atoms with Gasteiger partial charge in [0.15, 0.2) is 11.6 Å². The fourth-order valence-electron chi connectivity index (χ4n) is 4.52. The van der Waals surface area contributed by atoms with Gasteiger partial charge in [-0.2, -0.15) is 13.0 Å². The fourth-order valence-corrected chi connectivity index (χ4v) is 7.29. The average Bonchev–Trinajstić information content (AvgIpc) is 2.81. The highest BCUT2D eigenvalue weighted by Crippen LogP contribution is 2.35. The molecule has 182 valence electrons. The summed E-state index contributed by atoms with van der Waals surface area (Å²) in [5.41, 5.74) is 2.07. The minimum absolute atomic E-state index is 0.0305. The summed E-state index contributed by atoms with van der Waals surface area (Å²) >= 11 is 0. The van der Waals surface area contributed by atoms with Crippen molar-refractivity contribution in [3.63, 3.8) is 0 Å². The molecule has 8 nitrogen and oxygen atoms in total. The molecular formula is C25H25N2O6S2+. The van der Waals surface area contributed by atoms with Crippen LogP contribution in [0.3, 0.4) is 0 Å². The lowest BCUT2D eigenvalue weighted by atomic mass is 10.0. The van der Waals surface area contributed by atoms with E-state index < -0.39 is 35.8 Å². The van der Waals surface area contributed by atoms with E-state index in [-0.39, 0.29) is 11.3 Å². The van der Waals surface area contributed by atoms with Gasteiger partial charge in [-0.3, -0.25) is 0 Å². The Morgan fingerprint density at radius 2 is 1.34 bits per heavy atom. The van der Waals surface area contributed by atoms with Crippen molar-refractivity contribution in [2.24, 2.45) is 7.05 Å². The predicted octanol–water partition coefficient (Wildman–Crippen LogP) is 2.99. The molecule has 1 amide bonds. The first-order valence-electron chi connectivity index (χ1n) is 10.9. The number of nitrogens with zero attached hydrogens (tertiary/aromatic N) is 2. The molecule has 1 heterocycles. The lowest BCUT2D eigenvalue weighted by Gasteiger charge is -2.33. The van der Waals surface area contributed by atoms with Crippen LogP contribution in [0.5, 0.6) is 0 Å². The van der Waals surface area contributed by atoms with E-state index in [0.29, 0.717) is 28.2 Å². The Kier molecular flexibility index (Phi) is 6.26. The number of quaternary nitrogens is 1. The van der Waals surface area contributed by atoms with Gasteiger partial charge in [-0.25, -0.2) is 13.2 Å². The average molecular weight is 514 g/mol. The van der Waals surface area contributed by atoms with Crippen LogP contribution >= 0.6 is 0 Å². The largest absolute Gasteiger partial charge is 0.744 e. The number of para-hydroxylation sites is 2. The molecule has 0 N–H and O–H groups in total. The van der Waals surface area contributed by atoms with Crippen molar-refractivity contribution in [2.75, 3.05) is 12.1 Å². The van der Waals surface area contributed by atoms with Gasteiger partial charge >= 0.3 is 15.9 Å². The number of aryl methyl sites for hydroxylation is 2. The van der Waals surface area contributed by atoms with Gasteiger partial charge in [0, 0.05) is 24.3 Å². The third-order valence-corrected chi connectivity index (χ3v) is 8.78. The molecule has 3 aromatic carbocycles. The van der Waals surface area contributed by atoms with Crippen LogP contribution in [0.25, 0.3) is 21.8 Å². The summed E-state index contributed by atoms with van der Waals surface area (Å²) in [5, 5.41) is 0.886. The Bertz CT molecular complexity index is 1620. The number of hydrogen-bond acceptors (Lipinski definition) is 6. The van der Waals surface area contributed by atoms with Crippen molar-refractivity contribution in [3.05, 3.63) is 83.9 Å². The number of carbonyl (C=O) groups is 1. The summed E-state index contributed by atoms with van der Waals surface area (Å²) < 4.78 is 63.3. The van der Waals surface area contributed by atoms with E-state index in [4.69, 9.17) is 0 Å². The van der Waals surface area contributed by atoms with E-state index >= 15 is 0 Å². The van der Waals surface area contributed by atoms with Gasteiger partial charge in [0.1, 0.15) is 22.7 Å². The Labute approximate surface area is 204 Å². The number of pyridine rings is 1. The maximum atomic E-state index is 14.5. The predicted molar refractivity (Wildman–Crippen MR) is 134 cm³/mol. The van der Waals surface area contributed by atoms with Crippen LogP contribution in [-0.2, 0) is 33.6 Å². The molecule has 4 rings (SSSR count). The van der Waals surface area contributed by atoms with E-state index in [1.54, 1.807) is 60.7 Å². The Morgan fingerprint density at radius 1 is 0.857 bits per heavy atom. The molecule has 1 aromatic heterocycles. The zero-order valence-corrected chi connectivity index (χ0v) is 21.1. The first-order valence-corrected chi connectivity index (χ1v) is 14.3. The van der Waals surface area contributed by atoms with E-state index in [2.05, 4.69) is 0 Å². The van der Waals surface area contributed by atoms with Gasteiger partial charge in [0.2, 0.25) is 11.0 Å². The van der Waals surface area contributed by atoms with E-state index in [1.807, 2.05) is 18.5 Å². The smallest absolute Gasteiger partial charge is 0.368 e. The molecule has 0 saturated heterocycles. The fraction of sp³-hybridized carbons (Fsp3) is 0.200. The summed E-state index contributed by atoms with van der Waals surface area (Å²) in [6, 6.07) is 20.0. The van der Waals surface area contributed by atoms with Crippen molar-refractivity contribution in [1.82, 2.24) is 3.89 Å². The zero-order chi connectivity index (χ0) is 25.6. The van der Waals surface area contributed by atoms with Crippen LogP contribution in [0.15, 0.2) is 72.8 Å². The second kappa shape index (κ2) is 8.80. The molecule has 0 saturated carbocycles. The third-order valence-electron chi connectivity index (χ3n) is 6.28. The molecule has 1 atom stereocenters. The van der Waals surface area contributed by atoms with Crippen LogP contribution in [0, 0.1) is 0 Å². The second-order valence-electron chi connectivity index (χ2n) is 8.45. The summed E-state index contributed by atoms with van der Waals surface area (Å²) in [4.78, 5) is 14.5. The summed E-state index contributed by atoms with van der Waals surface area (Å²) in [6.07, 6.45) is 1.43. The molecule has 1 unspecified atom stereocenters. The van der Waals surface area contributed by atoms with Crippen LogP contribution in [-0.4, -0.2) is 39.4 Å². The lowest BCUT2D eigenvalue weighted by Crippen LogP contribution is -2.60. The molecule has 10 heteroatoms. The summed E-state index contributed by atoms with van der Waals surface area (Å²) in [7, 11) is -7.88. The molecule has 35 heavy (non-hydrogen) atoms. The monoisotopic (exact) mass is 513 g/mol. The molecule has 0 spiro atoms. The van der Waals surface area contributed by atoms with Crippen molar-refractivity contribution >= 4 is 53.5 Å². The molecule has 0 fully saturated rings. The van der Waals surface area contributed by atoms with Crippen molar-refractivity contribution < 1.29 is 30.7 Å². The maximum Gasteiger partial charge on any atom is 0.368 e.